The minimum absolute atomic E-state index is 0.0988. The van der Waals surface area contributed by atoms with Crippen molar-refractivity contribution >= 4 is 34.6 Å². The van der Waals surface area contributed by atoms with Crippen LogP contribution in [0, 0.1) is 5.82 Å². The molecule has 3 aromatic rings. The van der Waals surface area contributed by atoms with Gasteiger partial charge in [0, 0.05) is 24.1 Å². The molecule has 7 nitrogen and oxygen atoms in total. The van der Waals surface area contributed by atoms with E-state index in [4.69, 9.17) is 17.0 Å². The van der Waals surface area contributed by atoms with Crippen LogP contribution in [-0.2, 0) is 0 Å². The summed E-state index contributed by atoms with van der Waals surface area (Å²) in [4.78, 5) is 16.3. The number of imidazole rings is 1. The third kappa shape index (κ3) is 3.83. The topological polar surface area (TPSA) is 79.7 Å². The predicted molar refractivity (Wildman–Crippen MR) is 95.0 cm³/mol. The summed E-state index contributed by atoms with van der Waals surface area (Å²) in [6.07, 6.45) is 3.39. The van der Waals surface area contributed by atoms with E-state index >= 15 is 0 Å². The molecule has 0 unspecified atom stereocenters. The van der Waals surface area contributed by atoms with Gasteiger partial charge in [0.25, 0.3) is 5.91 Å². The molecule has 0 spiro atoms. The molecule has 0 saturated heterocycles. The minimum Gasteiger partial charge on any atom is -0.494 e. The third-order valence-corrected chi connectivity index (χ3v) is 3.50. The van der Waals surface area contributed by atoms with Crippen LogP contribution in [-0.4, -0.2) is 27.5 Å². The van der Waals surface area contributed by atoms with E-state index in [1.807, 2.05) is 12.1 Å². The molecule has 1 amide bonds. The van der Waals surface area contributed by atoms with E-state index in [1.54, 1.807) is 28.9 Å². The Kier molecular flexibility index (Phi) is 4.75. The van der Waals surface area contributed by atoms with Gasteiger partial charge in [-0.05, 0) is 36.5 Å². The number of rotatable bonds is 3. The van der Waals surface area contributed by atoms with E-state index in [1.165, 1.54) is 19.2 Å². The zero-order valence-corrected chi connectivity index (χ0v) is 13.9. The van der Waals surface area contributed by atoms with Gasteiger partial charge in [-0.15, -0.1) is 0 Å². The largest absolute Gasteiger partial charge is 0.494 e. The zero-order chi connectivity index (χ0) is 17.8. The fraction of sp³-hybridized carbons (Fsp3) is 0.0625. The van der Waals surface area contributed by atoms with Crippen LogP contribution >= 0.6 is 12.2 Å². The molecule has 128 valence electrons. The first-order chi connectivity index (χ1) is 12.1. The Morgan fingerprint density at radius 3 is 2.84 bits per heavy atom. The predicted octanol–water partition coefficient (Wildman–Crippen LogP) is 2.11. The van der Waals surface area contributed by atoms with Gasteiger partial charge < -0.3 is 14.5 Å². The second-order valence-electron chi connectivity index (χ2n) is 4.97. The highest BCUT2D eigenvalue weighted by molar-refractivity contribution is 7.80. The van der Waals surface area contributed by atoms with Crippen molar-refractivity contribution in [2.45, 2.75) is 0 Å². The lowest BCUT2D eigenvalue weighted by molar-refractivity contribution is 0.0940. The number of anilines is 1. The number of amides is 1. The number of thiocarbonyl (C=S) groups is 1. The van der Waals surface area contributed by atoms with Crippen LogP contribution in [0.1, 0.15) is 10.5 Å². The van der Waals surface area contributed by atoms with E-state index in [-0.39, 0.29) is 16.6 Å². The van der Waals surface area contributed by atoms with Crippen LogP contribution in [0.25, 0.3) is 5.65 Å². The highest BCUT2D eigenvalue weighted by Gasteiger charge is 2.11. The molecule has 25 heavy (non-hydrogen) atoms. The monoisotopic (exact) mass is 359 g/mol. The molecule has 0 fully saturated rings. The summed E-state index contributed by atoms with van der Waals surface area (Å²) in [6, 6.07) is 9.75. The van der Waals surface area contributed by atoms with Crippen molar-refractivity contribution in [1.29, 1.82) is 0 Å². The number of fused-ring (bicyclic) bond motifs is 1. The minimum atomic E-state index is -0.524. The summed E-state index contributed by atoms with van der Waals surface area (Å²) in [5.74, 6) is -0.845. The van der Waals surface area contributed by atoms with Gasteiger partial charge >= 0.3 is 0 Å². The second-order valence-corrected chi connectivity index (χ2v) is 5.38. The molecule has 0 atom stereocenters. The fourth-order valence-electron chi connectivity index (χ4n) is 2.13. The van der Waals surface area contributed by atoms with Gasteiger partial charge in [-0.25, -0.2) is 9.37 Å². The van der Waals surface area contributed by atoms with Gasteiger partial charge in [0.2, 0.25) is 0 Å². The van der Waals surface area contributed by atoms with Gasteiger partial charge in [0.05, 0.1) is 7.11 Å². The van der Waals surface area contributed by atoms with Crippen LogP contribution < -0.4 is 20.9 Å². The molecule has 0 bridgehead atoms. The molecule has 0 aliphatic heterocycles. The molecule has 3 rings (SSSR count). The summed E-state index contributed by atoms with van der Waals surface area (Å²) in [5, 5.41) is 2.85. The van der Waals surface area contributed by atoms with Gasteiger partial charge in [0.15, 0.2) is 16.7 Å². The molecule has 0 aliphatic carbocycles. The molecule has 1 aromatic carbocycles. The van der Waals surface area contributed by atoms with Gasteiger partial charge in [0.1, 0.15) is 11.3 Å². The van der Waals surface area contributed by atoms with Crippen molar-refractivity contribution in [2.24, 2.45) is 0 Å². The Balaban J connectivity index is 1.58. The molecule has 2 heterocycles. The Morgan fingerprint density at radius 2 is 2.12 bits per heavy atom. The van der Waals surface area contributed by atoms with Crippen LogP contribution in [0.3, 0.4) is 0 Å². The Hall–Kier alpha value is -3.20. The Labute approximate surface area is 147 Å². The smallest absolute Gasteiger partial charge is 0.289 e. The highest BCUT2D eigenvalue weighted by Crippen LogP contribution is 2.20. The maximum absolute atomic E-state index is 13.6. The third-order valence-electron chi connectivity index (χ3n) is 3.30. The van der Waals surface area contributed by atoms with Gasteiger partial charge in [-0.1, -0.05) is 6.07 Å². The van der Waals surface area contributed by atoms with Gasteiger partial charge in [-0.3, -0.25) is 15.6 Å². The number of nitrogens with one attached hydrogen (secondary N) is 3. The number of hydrogen-bond acceptors (Lipinski definition) is 4. The van der Waals surface area contributed by atoms with Crippen LogP contribution in [0.4, 0.5) is 10.1 Å². The number of aromatic nitrogens is 2. The number of hydrogen-bond donors (Lipinski definition) is 3. The van der Waals surface area contributed by atoms with E-state index in [9.17, 15) is 9.18 Å². The van der Waals surface area contributed by atoms with Crippen LogP contribution in [0.5, 0.6) is 5.75 Å². The normalized spacial score (nSPS) is 10.3. The van der Waals surface area contributed by atoms with Crippen LogP contribution in [0.2, 0.25) is 0 Å². The molecule has 0 aliphatic rings. The van der Waals surface area contributed by atoms with Crippen molar-refractivity contribution < 1.29 is 13.9 Å². The van der Waals surface area contributed by atoms with Crippen molar-refractivity contribution in [3.05, 3.63) is 60.3 Å². The molecule has 9 heteroatoms. The molecule has 0 saturated carbocycles. The number of hydrazine groups is 1. The second kappa shape index (κ2) is 7.14. The Morgan fingerprint density at radius 1 is 1.28 bits per heavy atom. The highest BCUT2D eigenvalue weighted by atomic mass is 32.1. The lowest BCUT2D eigenvalue weighted by Gasteiger charge is -2.11. The summed E-state index contributed by atoms with van der Waals surface area (Å²) < 4.78 is 20.2. The molecular weight excluding hydrogens is 345 g/mol. The summed E-state index contributed by atoms with van der Waals surface area (Å²) in [5.41, 5.74) is 6.27. The molecule has 2 aromatic heterocycles. The summed E-state index contributed by atoms with van der Waals surface area (Å²) >= 11 is 5.06. The lowest BCUT2D eigenvalue weighted by Crippen LogP contribution is -2.43. The zero-order valence-electron chi connectivity index (χ0n) is 13.1. The van der Waals surface area contributed by atoms with Crippen molar-refractivity contribution in [3.63, 3.8) is 0 Å². The standard InChI is InChI=1S/C16H14FN5O2S/c1-24-13-6-5-10(8-11(13)17)18-16(25)21-20-15(23)12-9-22-7-3-2-4-14(22)19-12/h2-9H,1H3,(H,20,23)(H2,18,21,25). The number of nitrogens with zero attached hydrogens (tertiary/aromatic N) is 2. The maximum atomic E-state index is 13.6. The number of pyridine rings is 1. The molecular formula is C16H14FN5O2S. The van der Waals surface area contributed by atoms with Crippen molar-refractivity contribution in [3.8, 4) is 5.75 Å². The number of methoxy groups -OCH3 is 1. The maximum Gasteiger partial charge on any atom is 0.289 e. The first kappa shape index (κ1) is 16.7. The first-order valence-corrected chi connectivity index (χ1v) is 7.62. The van der Waals surface area contributed by atoms with Crippen molar-refractivity contribution in [2.75, 3.05) is 12.4 Å². The Bertz CT molecular complexity index is 910. The quantitative estimate of drug-likeness (QED) is 0.491. The number of ether oxygens (including phenoxy) is 1. The summed E-state index contributed by atoms with van der Waals surface area (Å²) in [7, 11) is 1.38. The number of benzene rings is 1. The number of carbonyl (C=O) groups excluding carboxylic acids is 1. The number of carbonyl (C=O) groups is 1. The average Bonchev–Trinajstić information content (AvgIpc) is 3.04. The van der Waals surface area contributed by atoms with Crippen molar-refractivity contribution in [1.82, 2.24) is 20.2 Å². The molecule has 0 radical (unpaired) electrons. The van der Waals surface area contributed by atoms with Gasteiger partial charge in [-0.2, -0.15) is 0 Å². The van der Waals surface area contributed by atoms with E-state index in [0.29, 0.717) is 11.3 Å². The average molecular weight is 359 g/mol. The fourth-order valence-corrected chi connectivity index (χ4v) is 2.30. The SMILES string of the molecule is COc1ccc(NC(=S)NNC(=O)c2cn3ccccc3n2)cc1F. The van der Waals surface area contributed by atoms with E-state index < -0.39 is 11.7 Å². The summed E-state index contributed by atoms with van der Waals surface area (Å²) in [6.45, 7) is 0. The lowest BCUT2D eigenvalue weighted by atomic mass is 10.3. The molecule has 3 N–H and O–H groups in total. The van der Waals surface area contributed by atoms with E-state index in [2.05, 4.69) is 21.2 Å². The van der Waals surface area contributed by atoms with Crippen LogP contribution in [0.15, 0.2) is 48.8 Å². The van der Waals surface area contributed by atoms with E-state index in [0.717, 1.165) is 0 Å². The number of halogens is 1. The first-order valence-electron chi connectivity index (χ1n) is 7.21.